The second-order valence-electron chi connectivity index (χ2n) is 6.11. The van der Waals surface area contributed by atoms with Gasteiger partial charge in [-0.15, -0.1) is 0 Å². The first kappa shape index (κ1) is 13.1. The summed E-state index contributed by atoms with van der Waals surface area (Å²) in [5.74, 6) is -0.111. The van der Waals surface area contributed by atoms with Gasteiger partial charge < -0.3 is 10.5 Å². The highest BCUT2D eigenvalue weighted by Gasteiger charge is 2.66. The highest BCUT2D eigenvalue weighted by atomic mass is 16.6. The molecule has 1 unspecified atom stereocenters. The first-order valence-electron chi connectivity index (χ1n) is 6.34. The second kappa shape index (κ2) is 4.09. The quantitative estimate of drug-likeness (QED) is 0.817. The van der Waals surface area contributed by atoms with Crippen molar-refractivity contribution in [2.45, 2.75) is 44.8 Å². The zero-order valence-corrected chi connectivity index (χ0v) is 11.4. The lowest BCUT2D eigenvalue weighted by atomic mass is 10.1. The van der Waals surface area contributed by atoms with Crippen molar-refractivity contribution in [2.75, 3.05) is 0 Å². The Kier molecular flexibility index (Phi) is 2.98. The van der Waals surface area contributed by atoms with Gasteiger partial charge in [0.05, 0.1) is 0 Å². The van der Waals surface area contributed by atoms with Gasteiger partial charge in [0, 0.05) is 5.92 Å². The minimum Gasteiger partial charge on any atom is -0.459 e. The molecule has 0 amide bonds. The Morgan fingerprint density at radius 3 is 2.33 bits per heavy atom. The summed E-state index contributed by atoms with van der Waals surface area (Å²) in [6, 6.07) is 9.92. The van der Waals surface area contributed by atoms with Crippen molar-refractivity contribution in [3.63, 3.8) is 0 Å². The molecule has 1 fully saturated rings. The van der Waals surface area contributed by atoms with Crippen LogP contribution in [0.2, 0.25) is 0 Å². The fourth-order valence-electron chi connectivity index (χ4n) is 2.49. The molecular weight excluding hydrogens is 226 g/mol. The third-order valence-electron chi connectivity index (χ3n) is 3.57. The molecule has 1 saturated carbocycles. The maximum atomic E-state index is 12.2. The van der Waals surface area contributed by atoms with E-state index in [4.69, 9.17) is 10.5 Å². The number of rotatable bonds is 2. The predicted octanol–water partition coefficient (Wildman–Crippen LogP) is 2.46. The van der Waals surface area contributed by atoms with Crippen LogP contribution in [0.5, 0.6) is 0 Å². The molecular formula is C15H21NO2. The normalized spacial score (nSPS) is 30.9. The number of benzene rings is 1. The van der Waals surface area contributed by atoms with Gasteiger partial charge in [0.1, 0.15) is 11.1 Å². The van der Waals surface area contributed by atoms with Crippen molar-refractivity contribution in [3.8, 4) is 0 Å². The monoisotopic (exact) mass is 247 g/mol. The van der Waals surface area contributed by atoms with E-state index in [9.17, 15) is 4.79 Å². The topological polar surface area (TPSA) is 52.3 Å². The van der Waals surface area contributed by atoms with Crippen LogP contribution in [-0.4, -0.2) is 17.1 Å². The number of hydrogen-bond acceptors (Lipinski definition) is 3. The van der Waals surface area contributed by atoms with Crippen molar-refractivity contribution in [1.82, 2.24) is 0 Å². The average Bonchev–Trinajstić information content (AvgIpc) is 2.82. The van der Waals surface area contributed by atoms with Crippen molar-refractivity contribution in [1.29, 1.82) is 0 Å². The lowest BCUT2D eigenvalue weighted by Crippen LogP contribution is -2.42. The highest BCUT2D eigenvalue weighted by molar-refractivity contribution is 5.88. The Morgan fingerprint density at radius 2 is 1.83 bits per heavy atom. The van der Waals surface area contributed by atoms with Crippen LogP contribution in [0.25, 0.3) is 0 Å². The highest BCUT2D eigenvalue weighted by Crippen LogP contribution is 2.56. The second-order valence-corrected chi connectivity index (χ2v) is 6.11. The number of carbonyl (C=O) groups is 1. The lowest BCUT2D eigenvalue weighted by molar-refractivity contribution is -0.158. The molecule has 0 saturated heterocycles. The largest absolute Gasteiger partial charge is 0.459 e. The Balaban J connectivity index is 2.17. The molecule has 0 aromatic heterocycles. The van der Waals surface area contributed by atoms with Crippen LogP contribution >= 0.6 is 0 Å². The minimum atomic E-state index is -0.866. The first-order valence-corrected chi connectivity index (χ1v) is 6.34. The van der Waals surface area contributed by atoms with E-state index in [1.165, 1.54) is 0 Å². The molecule has 3 nitrogen and oxygen atoms in total. The van der Waals surface area contributed by atoms with Crippen LogP contribution < -0.4 is 5.73 Å². The van der Waals surface area contributed by atoms with E-state index in [0.29, 0.717) is 0 Å². The molecule has 3 atom stereocenters. The smallest absolute Gasteiger partial charge is 0.327 e. The van der Waals surface area contributed by atoms with Gasteiger partial charge in [0.25, 0.3) is 0 Å². The van der Waals surface area contributed by atoms with Crippen LogP contribution in [0.15, 0.2) is 30.3 Å². The van der Waals surface area contributed by atoms with E-state index in [0.717, 1.165) is 5.56 Å². The van der Waals surface area contributed by atoms with Gasteiger partial charge in [0.15, 0.2) is 0 Å². The van der Waals surface area contributed by atoms with E-state index in [-0.39, 0.29) is 17.8 Å². The molecule has 1 aliphatic carbocycles. The maximum Gasteiger partial charge on any atom is 0.327 e. The van der Waals surface area contributed by atoms with Gasteiger partial charge >= 0.3 is 5.97 Å². The Bertz CT molecular complexity index is 449. The van der Waals surface area contributed by atoms with E-state index in [1.54, 1.807) is 0 Å². The van der Waals surface area contributed by atoms with Gasteiger partial charge in [-0.2, -0.15) is 0 Å². The van der Waals surface area contributed by atoms with Gasteiger partial charge in [-0.1, -0.05) is 37.3 Å². The minimum absolute atomic E-state index is 0.0635. The van der Waals surface area contributed by atoms with Crippen LogP contribution in [0.4, 0.5) is 0 Å². The van der Waals surface area contributed by atoms with Crippen LogP contribution in [-0.2, 0) is 9.53 Å². The van der Waals surface area contributed by atoms with Crippen LogP contribution in [0, 0.1) is 5.92 Å². The standard InChI is InChI=1S/C15H21NO2/c1-10-12(11-8-6-5-7-9-11)15(10,16)13(17)18-14(2,3)4/h5-10,12H,16H2,1-4H3/t10-,12?,15-/m0/s1. The Morgan fingerprint density at radius 1 is 1.28 bits per heavy atom. The molecule has 0 radical (unpaired) electrons. The van der Waals surface area contributed by atoms with E-state index in [1.807, 2.05) is 58.0 Å². The van der Waals surface area contributed by atoms with Crippen LogP contribution in [0.1, 0.15) is 39.2 Å². The predicted molar refractivity (Wildman–Crippen MR) is 71.1 cm³/mol. The molecule has 1 aromatic rings. The Labute approximate surface area is 108 Å². The van der Waals surface area contributed by atoms with E-state index >= 15 is 0 Å². The first-order chi connectivity index (χ1) is 8.27. The maximum absolute atomic E-state index is 12.2. The zero-order valence-electron chi connectivity index (χ0n) is 11.4. The molecule has 2 N–H and O–H groups in total. The van der Waals surface area contributed by atoms with E-state index < -0.39 is 11.1 Å². The third kappa shape index (κ3) is 2.15. The molecule has 18 heavy (non-hydrogen) atoms. The number of carbonyl (C=O) groups excluding carboxylic acids is 1. The molecule has 0 bridgehead atoms. The zero-order chi connectivity index (χ0) is 13.6. The summed E-state index contributed by atoms with van der Waals surface area (Å²) in [6.45, 7) is 7.58. The summed E-state index contributed by atoms with van der Waals surface area (Å²) in [6.07, 6.45) is 0. The van der Waals surface area contributed by atoms with E-state index in [2.05, 4.69) is 0 Å². The molecule has 0 aliphatic heterocycles. The number of hydrogen-bond donors (Lipinski definition) is 1. The molecule has 98 valence electrons. The lowest BCUT2D eigenvalue weighted by Gasteiger charge is -2.22. The van der Waals surface area contributed by atoms with Gasteiger partial charge in [-0.05, 0) is 32.3 Å². The summed E-state index contributed by atoms with van der Waals surface area (Å²) in [4.78, 5) is 12.2. The Hall–Kier alpha value is -1.35. The molecule has 1 aromatic carbocycles. The van der Waals surface area contributed by atoms with Crippen molar-refractivity contribution in [3.05, 3.63) is 35.9 Å². The molecule has 3 heteroatoms. The molecule has 2 rings (SSSR count). The summed E-state index contributed by atoms with van der Waals surface area (Å²) in [7, 11) is 0. The summed E-state index contributed by atoms with van der Waals surface area (Å²) in [5.41, 5.74) is 5.99. The van der Waals surface area contributed by atoms with Gasteiger partial charge in [0.2, 0.25) is 0 Å². The van der Waals surface area contributed by atoms with Crippen molar-refractivity contribution < 1.29 is 9.53 Å². The fraction of sp³-hybridized carbons (Fsp3) is 0.533. The van der Waals surface area contributed by atoms with Crippen molar-refractivity contribution in [2.24, 2.45) is 11.7 Å². The average molecular weight is 247 g/mol. The summed E-state index contributed by atoms with van der Waals surface area (Å²) in [5, 5.41) is 0. The summed E-state index contributed by atoms with van der Waals surface area (Å²) < 4.78 is 5.42. The third-order valence-corrected chi connectivity index (χ3v) is 3.57. The summed E-state index contributed by atoms with van der Waals surface area (Å²) >= 11 is 0. The number of nitrogens with two attached hydrogens (primary N) is 1. The number of esters is 1. The number of ether oxygens (including phenoxy) is 1. The SMILES string of the molecule is C[C@H]1C(c2ccccc2)[C@]1(N)C(=O)OC(C)(C)C. The molecule has 0 heterocycles. The van der Waals surface area contributed by atoms with Crippen LogP contribution in [0.3, 0.4) is 0 Å². The fourth-order valence-corrected chi connectivity index (χ4v) is 2.49. The van der Waals surface area contributed by atoms with Gasteiger partial charge in [-0.3, -0.25) is 4.79 Å². The molecule has 0 spiro atoms. The van der Waals surface area contributed by atoms with Gasteiger partial charge in [-0.25, -0.2) is 0 Å². The van der Waals surface area contributed by atoms with Crippen molar-refractivity contribution >= 4 is 5.97 Å². The molecule has 1 aliphatic rings.